The first-order valence-electron chi connectivity index (χ1n) is 13.4. The normalized spacial score (nSPS) is 19.4. The van der Waals surface area contributed by atoms with Crippen molar-refractivity contribution in [1.29, 1.82) is 0 Å². The van der Waals surface area contributed by atoms with Crippen molar-refractivity contribution in [2.24, 2.45) is 5.92 Å². The number of ether oxygens (including phenoxy) is 1. The van der Waals surface area contributed by atoms with E-state index in [1.807, 2.05) is 0 Å². The minimum atomic E-state index is -5.74. The van der Waals surface area contributed by atoms with E-state index in [4.69, 9.17) is 4.74 Å². The molecule has 0 aromatic heterocycles. The van der Waals surface area contributed by atoms with Crippen LogP contribution in [0.15, 0.2) is 36.4 Å². The maximum absolute atomic E-state index is 13.9. The van der Waals surface area contributed by atoms with E-state index in [2.05, 4.69) is 0 Å². The van der Waals surface area contributed by atoms with Gasteiger partial charge in [-0.2, -0.15) is 52.7 Å². The Morgan fingerprint density at radius 3 is 1.80 bits per heavy atom. The lowest BCUT2D eigenvalue weighted by atomic mass is 9.86. The van der Waals surface area contributed by atoms with Gasteiger partial charge in [-0.15, -0.1) is 0 Å². The van der Waals surface area contributed by atoms with Gasteiger partial charge in [0.25, 0.3) is 0 Å². The molecule has 2 aromatic rings. The van der Waals surface area contributed by atoms with Crippen LogP contribution in [0, 0.1) is 5.92 Å². The van der Waals surface area contributed by atoms with Crippen LogP contribution in [0.2, 0.25) is 0 Å². The van der Waals surface area contributed by atoms with Crippen molar-refractivity contribution in [3.05, 3.63) is 64.2 Å². The molecular weight excluding hydrogens is 640 g/mol. The fourth-order valence-electron chi connectivity index (χ4n) is 5.32. The van der Waals surface area contributed by atoms with Crippen molar-refractivity contribution in [3.8, 4) is 0 Å². The summed E-state index contributed by atoms with van der Waals surface area (Å²) in [5, 5.41) is 0. The highest BCUT2D eigenvalue weighted by Gasteiger charge is 2.51. The van der Waals surface area contributed by atoms with Gasteiger partial charge in [-0.25, -0.2) is 4.79 Å². The molecular formula is C28H24F12N2O3. The Morgan fingerprint density at radius 1 is 0.822 bits per heavy atom. The number of benzene rings is 2. The number of anilines is 1. The largest absolute Gasteiger partial charge is 0.471 e. The van der Waals surface area contributed by atoms with E-state index in [-0.39, 0.29) is 28.8 Å². The monoisotopic (exact) mass is 664 g/mol. The summed E-state index contributed by atoms with van der Waals surface area (Å²) in [7, 11) is 0. The van der Waals surface area contributed by atoms with Crippen LogP contribution in [0.3, 0.4) is 0 Å². The molecule has 5 nitrogen and oxygen atoms in total. The third-order valence-corrected chi connectivity index (χ3v) is 7.35. The van der Waals surface area contributed by atoms with E-state index in [1.54, 1.807) is 0 Å². The minimum Gasteiger partial charge on any atom is -0.446 e. The summed E-state index contributed by atoms with van der Waals surface area (Å²) in [6.07, 6.45) is -23.0. The molecule has 0 unspecified atom stereocenters. The molecule has 248 valence electrons. The van der Waals surface area contributed by atoms with E-state index in [1.165, 1.54) is 13.8 Å². The van der Waals surface area contributed by atoms with Crippen LogP contribution < -0.4 is 4.90 Å². The van der Waals surface area contributed by atoms with Crippen molar-refractivity contribution in [3.63, 3.8) is 0 Å². The second-order valence-corrected chi connectivity index (χ2v) is 11.1. The molecule has 1 heterocycles. The molecule has 2 aromatic carbocycles. The van der Waals surface area contributed by atoms with Gasteiger partial charge in [-0.3, -0.25) is 9.69 Å². The summed E-state index contributed by atoms with van der Waals surface area (Å²) in [6, 6.07) is -1.20. The highest BCUT2D eigenvalue weighted by Crippen LogP contribution is 2.50. The maximum Gasteiger partial charge on any atom is 0.471 e. The number of amides is 2. The predicted molar refractivity (Wildman–Crippen MR) is 132 cm³/mol. The Balaban J connectivity index is 1.94. The van der Waals surface area contributed by atoms with Crippen LogP contribution in [0.4, 0.5) is 63.2 Å². The van der Waals surface area contributed by atoms with E-state index in [9.17, 15) is 62.3 Å². The summed E-state index contributed by atoms with van der Waals surface area (Å²) < 4.78 is 169. The van der Waals surface area contributed by atoms with Crippen molar-refractivity contribution in [2.75, 3.05) is 4.90 Å². The van der Waals surface area contributed by atoms with Crippen molar-refractivity contribution in [2.45, 2.75) is 82.5 Å². The number of hydrogen-bond donors (Lipinski definition) is 0. The molecule has 0 spiro atoms. The summed E-state index contributed by atoms with van der Waals surface area (Å²) >= 11 is 0. The van der Waals surface area contributed by atoms with Gasteiger partial charge in [0.15, 0.2) is 0 Å². The molecule has 1 aliphatic carbocycles. The third kappa shape index (κ3) is 7.60. The Hall–Kier alpha value is -3.66. The highest BCUT2D eigenvalue weighted by molar-refractivity contribution is 5.91. The highest BCUT2D eigenvalue weighted by atomic mass is 19.4. The Bertz CT molecular complexity index is 1410. The van der Waals surface area contributed by atoms with Gasteiger partial charge in [-0.1, -0.05) is 0 Å². The van der Waals surface area contributed by atoms with Gasteiger partial charge < -0.3 is 9.64 Å². The summed E-state index contributed by atoms with van der Waals surface area (Å²) in [4.78, 5) is 26.8. The molecule has 2 aliphatic rings. The molecule has 45 heavy (non-hydrogen) atoms. The van der Waals surface area contributed by atoms with Crippen molar-refractivity contribution >= 4 is 17.7 Å². The average molecular weight is 664 g/mol. The zero-order valence-corrected chi connectivity index (χ0v) is 23.3. The first-order valence-corrected chi connectivity index (χ1v) is 13.4. The van der Waals surface area contributed by atoms with Gasteiger partial charge in [-0.05, 0) is 86.6 Å². The number of halogens is 12. The molecule has 0 saturated heterocycles. The van der Waals surface area contributed by atoms with Crippen LogP contribution in [0.1, 0.15) is 67.0 Å². The fourth-order valence-corrected chi connectivity index (χ4v) is 5.32. The molecule has 2 atom stereocenters. The first kappa shape index (κ1) is 34.2. The lowest BCUT2D eigenvalue weighted by Crippen LogP contribution is -2.52. The van der Waals surface area contributed by atoms with Gasteiger partial charge in [0.2, 0.25) is 0 Å². The van der Waals surface area contributed by atoms with E-state index in [0.717, 1.165) is 11.0 Å². The predicted octanol–water partition coefficient (Wildman–Crippen LogP) is 8.91. The average Bonchev–Trinajstić information content (AvgIpc) is 3.73. The van der Waals surface area contributed by atoms with Crippen LogP contribution >= 0.6 is 0 Å². The maximum atomic E-state index is 13.9. The van der Waals surface area contributed by atoms with Gasteiger partial charge in [0.05, 0.1) is 34.5 Å². The Labute approximate surface area is 247 Å². The molecule has 0 radical (unpaired) electrons. The first-order chi connectivity index (χ1) is 20.5. The standard InChI is InChI=1S/C28H24F12N2O3/c1-13(2)45-24(44)42-20-6-5-16(25(29,30)31)10-19(20)22(11-21(42)15-3-4-15)41(23(43)28(38,39)40)12-14-7-17(26(32,33)34)9-18(8-14)27(35,36)37/h5-10,13,15,21-22H,3-4,11-12H2,1-2H3/t21-,22-/m1/s1. The van der Waals surface area contributed by atoms with Gasteiger partial charge >= 0.3 is 36.7 Å². The second-order valence-electron chi connectivity index (χ2n) is 11.1. The van der Waals surface area contributed by atoms with Crippen LogP contribution in [0.25, 0.3) is 0 Å². The summed E-state index contributed by atoms with van der Waals surface area (Å²) in [5.74, 6) is -3.11. The van der Waals surface area contributed by atoms with Crippen LogP contribution in [0.5, 0.6) is 0 Å². The van der Waals surface area contributed by atoms with Crippen LogP contribution in [-0.4, -0.2) is 35.2 Å². The summed E-state index contributed by atoms with van der Waals surface area (Å²) in [5.41, 5.74) is -7.09. The molecule has 1 fully saturated rings. The summed E-state index contributed by atoms with van der Waals surface area (Å²) in [6.45, 7) is 1.45. The fraction of sp³-hybridized carbons (Fsp3) is 0.500. The number of carbonyl (C=O) groups excluding carboxylic acids is 2. The van der Waals surface area contributed by atoms with Crippen molar-refractivity contribution in [1.82, 2.24) is 4.90 Å². The second kappa shape index (κ2) is 11.6. The van der Waals surface area contributed by atoms with Crippen molar-refractivity contribution < 1.29 is 67.0 Å². The number of hydrogen-bond acceptors (Lipinski definition) is 3. The van der Waals surface area contributed by atoms with Gasteiger partial charge in [0, 0.05) is 12.6 Å². The number of carbonyl (C=O) groups is 2. The topological polar surface area (TPSA) is 49.9 Å². The zero-order chi connectivity index (χ0) is 33.9. The molecule has 4 rings (SSSR count). The minimum absolute atomic E-state index is 0.0882. The molecule has 2 amide bonds. The van der Waals surface area contributed by atoms with E-state index >= 15 is 0 Å². The van der Waals surface area contributed by atoms with Gasteiger partial charge in [0.1, 0.15) is 0 Å². The molecule has 0 bridgehead atoms. The number of fused-ring (bicyclic) bond motifs is 1. The third-order valence-electron chi connectivity index (χ3n) is 7.35. The number of nitrogens with zero attached hydrogens (tertiary/aromatic N) is 2. The lowest BCUT2D eigenvalue weighted by molar-refractivity contribution is -0.189. The molecule has 1 saturated carbocycles. The lowest BCUT2D eigenvalue weighted by Gasteiger charge is -2.45. The number of rotatable bonds is 5. The Morgan fingerprint density at radius 2 is 1.36 bits per heavy atom. The van der Waals surface area contributed by atoms with Crippen LogP contribution in [-0.2, 0) is 34.6 Å². The SMILES string of the molecule is CC(C)OC(=O)N1c2ccc(C(F)(F)F)cc2[C@H](N(Cc2cc(C(F)(F)F)cc(C(F)(F)F)c2)C(=O)C(F)(F)F)C[C@@H]1C1CC1. The number of alkyl halides is 12. The van der Waals surface area contributed by atoms with E-state index < -0.39 is 102 Å². The quantitative estimate of drug-likeness (QED) is 0.300. The zero-order valence-electron chi connectivity index (χ0n) is 23.3. The smallest absolute Gasteiger partial charge is 0.446 e. The molecule has 17 heteroatoms. The Kier molecular flexibility index (Phi) is 8.83. The molecule has 0 N–H and O–H groups in total. The van der Waals surface area contributed by atoms with E-state index in [0.29, 0.717) is 25.0 Å². The molecule has 1 aliphatic heterocycles.